The molecule has 33 heavy (non-hydrogen) atoms. The Bertz CT molecular complexity index is 1280. The first kappa shape index (κ1) is 24.2. The third-order valence-electron chi connectivity index (χ3n) is 4.85. The van der Waals surface area contributed by atoms with Crippen LogP contribution in [-0.4, -0.2) is 36.5 Å². The summed E-state index contributed by atoms with van der Waals surface area (Å²) in [6.07, 6.45) is 3.14. The maximum Gasteiger partial charge on any atom is 0.355 e. The highest BCUT2D eigenvalue weighted by atomic mass is 32.2. The minimum atomic E-state index is -3.80. The molecule has 0 spiro atoms. The largest absolute Gasteiger partial charge is 0.461 e. The van der Waals surface area contributed by atoms with Gasteiger partial charge >= 0.3 is 5.97 Å². The molecule has 3 rings (SSSR count). The van der Waals surface area contributed by atoms with Gasteiger partial charge in [-0.2, -0.15) is 0 Å². The fraction of sp³-hybridized carbons (Fsp3) is 0.227. The normalized spacial score (nSPS) is 11.1. The Kier molecular flexibility index (Phi) is 7.34. The number of rotatable bonds is 9. The highest BCUT2D eigenvalue weighted by Gasteiger charge is 2.27. The second-order valence-electron chi connectivity index (χ2n) is 6.98. The van der Waals surface area contributed by atoms with E-state index in [9.17, 15) is 18.0 Å². The molecule has 0 aliphatic carbocycles. The number of sulfonamides is 1. The predicted molar refractivity (Wildman–Crippen MR) is 127 cm³/mol. The molecule has 9 nitrogen and oxygen atoms in total. The minimum absolute atomic E-state index is 0.0322. The van der Waals surface area contributed by atoms with Crippen molar-refractivity contribution in [2.45, 2.75) is 32.2 Å². The summed E-state index contributed by atoms with van der Waals surface area (Å²) >= 11 is 1.17. The SMILES string of the molecule is C=CCn1c(C)c(C(=O)Nc2ccc(S(=O)(=O)Nc3nccs3)cc2)c(C)c1C(=O)OCC. The summed E-state index contributed by atoms with van der Waals surface area (Å²) in [5.41, 5.74) is 2.15. The number of ether oxygens (including phenoxy) is 1. The number of esters is 1. The molecule has 0 bridgehead atoms. The number of amides is 1. The highest BCUT2D eigenvalue weighted by molar-refractivity contribution is 7.93. The molecule has 1 amide bonds. The van der Waals surface area contributed by atoms with Gasteiger partial charge in [-0.1, -0.05) is 6.08 Å². The number of hydrogen-bond acceptors (Lipinski definition) is 7. The molecule has 1 aromatic carbocycles. The summed E-state index contributed by atoms with van der Waals surface area (Å²) in [5, 5.41) is 4.69. The first-order chi connectivity index (χ1) is 15.7. The van der Waals surface area contributed by atoms with Crippen molar-refractivity contribution in [2.75, 3.05) is 16.6 Å². The molecule has 0 fully saturated rings. The van der Waals surface area contributed by atoms with Crippen LogP contribution < -0.4 is 10.0 Å². The zero-order chi connectivity index (χ0) is 24.2. The molecule has 0 radical (unpaired) electrons. The van der Waals surface area contributed by atoms with Crippen LogP contribution in [0.25, 0.3) is 0 Å². The van der Waals surface area contributed by atoms with Crippen LogP contribution in [0.1, 0.15) is 39.0 Å². The van der Waals surface area contributed by atoms with E-state index in [2.05, 4.69) is 21.6 Å². The maximum atomic E-state index is 13.1. The lowest BCUT2D eigenvalue weighted by molar-refractivity contribution is 0.0513. The molecule has 0 saturated carbocycles. The first-order valence-electron chi connectivity index (χ1n) is 10.0. The van der Waals surface area contributed by atoms with Crippen molar-refractivity contribution < 1.29 is 22.7 Å². The summed E-state index contributed by atoms with van der Waals surface area (Å²) in [7, 11) is -3.80. The van der Waals surface area contributed by atoms with Crippen molar-refractivity contribution in [3.63, 3.8) is 0 Å². The van der Waals surface area contributed by atoms with Crippen LogP contribution in [0, 0.1) is 13.8 Å². The number of carbonyl (C=O) groups excluding carboxylic acids is 2. The molecule has 0 saturated heterocycles. The molecular weight excluding hydrogens is 464 g/mol. The Morgan fingerprint density at radius 2 is 1.94 bits per heavy atom. The van der Waals surface area contributed by atoms with E-state index < -0.39 is 21.9 Å². The smallest absolute Gasteiger partial charge is 0.355 e. The third kappa shape index (κ3) is 5.15. The van der Waals surface area contributed by atoms with E-state index in [0.717, 1.165) is 0 Å². The highest BCUT2D eigenvalue weighted by Crippen LogP contribution is 2.25. The van der Waals surface area contributed by atoms with E-state index in [1.165, 1.54) is 41.8 Å². The van der Waals surface area contributed by atoms with Crippen LogP contribution in [-0.2, 0) is 21.3 Å². The van der Waals surface area contributed by atoms with Crippen molar-refractivity contribution in [3.05, 3.63) is 71.0 Å². The molecule has 174 valence electrons. The first-order valence-corrected chi connectivity index (χ1v) is 12.4. The Morgan fingerprint density at radius 1 is 1.24 bits per heavy atom. The van der Waals surface area contributed by atoms with Gasteiger partial charge in [0.15, 0.2) is 5.13 Å². The van der Waals surface area contributed by atoms with Crippen molar-refractivity contribution in [2.24, 2.45) is 0 Å². The molecular formula is C22H24N4O5S2. The van der Waals surface area contributed by atoms with Gasteiger partial charge in [0.05, 0.1) is 17.1 Å². The van der Waals surface area contributed by atoms with E-state index in [0.29, 0.717) is 34.7 Å². The lowest BCUT2D eigenvalue weighted by Crippen LogP contribution is -2.15. The molecule has 11 heteroatoms. The van der Waals surface area contributed by atoms with Crippen LogP contribution in [0.15, 0.2) is 53.4 Å². The van der Waals surface area contributed by atoms with Crippen LogP contribution in [0.5, 0.6) is 0 Å². The van der Waals surface area contributed by atoms with E-state index in [4.69, 9.17) is 4.74 Å². The summed E-state index contributed by atoms with van der Waals surface area (Å²) < 4.78 is 34.2. The number of aromatic nitrogens is 2. The number of thiazole rings is 1. The molecule has 3 aromatic rings. The van der Waals surface area contributed by atoms with Gasteiger partial charge in [-0.3, -0.25) is 9.52 Å². The van der Waals surface area contributed by atoms with Gasteiger partial charge in [0.2, 0.25) is 0 Å². The molecule has 0 aliphatic rings. The average Bonchev–Trinajstić information content (AvgIpc) is 3.34. The summed E-state index contributed by atoms with van der Waals surface area (Å²) in [5.74, 6) is -0.934. The van der Waals surface area contributed by atoms with Crippen LogP contribution in [0.3, 0.4) is 0 Å². The molecule has 2 heterocycles. The second-order valence-corrected chi connectivity index (χ2v) is 9.55. The van der Waals surface area contributed by atoms with Gasteiger partial charge in [-0.15, -0.1) is 17.9 Å². The van der Waals surface area contributed by atoms with Gasteiger partial charge in [0, 0.05) is 29.5 Å². The van der Waals surface area contributed by atoms with Crippen molar-refractivity contribution in [1.82, 2.24) is 9.55 Å². The van der Waals surface area contributed by atoms with Crippen molar-refractivity contribution >= 4 is 44.1 Å². The predicted octanol–water partition coefficient (Wildman–Crippen LogP) is 3.98. The lowest BCUT2D eigenvalue weighted by Gasteiger charge is -2.09. The van der Waals surface area contributed by atoms with E-state index >= 15 is 0 Å². The van der Waals surface area contributed by atoms with E-state index in [1.807, 2.05) is 0 Å². The summed E-state index contributed by atoms with van der Waals surface area (Å²) in [6.45, 7) is 9.41. The lowest BCUT2D eigenvalue weighted by atomic mass is 10.1. The molecule has 2 N–H and O–H groups in total. The van der Waals surface area contributed by atoms with Crippen LogP contribution in [0.4, 0.5) is 10.8 Å². The van der Waals surface area contributed by atoms with Gasteiger partial charge in [-0.05, 0) is 50.6 Å². The topological polar surface area (TPSA) is 119 Å². The van der Waals surface area contributed by atoms with Gasteiger partial charge in [0.1, 0.15) is 5.69 Å². The van der Waals surface area contributed by atoms with Crippen molar-refractivity contribution in [3.8, 4) is 0 Å². The number of benzene rings is 1. The third-order valence-corrected chi connectivity index (χ3v) is 7.02. The number of nitrogens with zero attached hydrogens (tertiary/aromatic N) is 2. The van der Waals surface area contributed by atoms with Crippen molar-refractivity contribution in [1.29, 1.82) is 0 Å². The molecule has 0 atom stereocenters. The zero-order valence-electron chi connectivity index (χ0n) is 18.4. The second kappa shape index (κ2) is 10.0. The standard InChI is InChI=1S/C22H24N4O5S2/c1-5-12-26-15(4)18(14(3)19(26)21(28)31-6-2)20(27)24-16-7-9-17(10-8-16)33(29,30)25-22-23-11-13-32-22/h5,7-11,13H,1,6,12H2,2-4H3,(H,23,25)(H,24,27). The van der Waals surface area contributed by atoms with Crippen LogP contribution >= 0.6 is 11.3 Å². The Labute approximate surface area is 196 Å². The number of carbonyl (C=O) groups is 2. The Hall–Kier alpha value is -3.44. The maximum absolute atomic E-state index is 13.1. The fourth-order valence-corrected chi connectivity index (χ4v) is 5.20. The van der Waals surface area contributed by atoms with E-state index in [1.54, 1.807) is 36.8 Å². The number of hydrogen-bond donors (Lipinski definition) is 2. The summed E-state index contributed by atoms with van der Waals surface area (Å²) in [4.78, 5) is 29.5. The molecule has 0 unspecified atom stereocenters. The van der Waals surface area contributed by atoms with Gasteiger partial charge in [0.25, 0.3) is 15.9 Å². The molecule has 2 aromatic heterocycles. The summed E-state index contributed by atoms with van der Waals surface area (Å²) in [6, 6.07) is 5.76. The van der Waals surface area contributed by atoms with Crippen LogP contribution in [0.2, 0.25) is 0 Å². The number of nitrogens with one attached hydrogen (secondary N) is 2. The average molecular weight is 489 g/mol. The zero-order valence-corrected chi connectivity index (χ0v) is 20.0. The van der Waals surface area contributed by atoms with Gasteiger partial charge < -0.3 is 14.6 Å². The quantitative estimate of drug-likeness (QED) is 0.347. The minimum Gasteiger partial charge on any atom is -0.461 e. The fourth-order valence-electron chi connectivity index (χ4n) is 3.41. The Morgan fingerprint density at radius 3 is 2.52 bits per heavy atom. The molecule has 0 aliphatic heterocycles. The number of allylic oxidation sites excluding steroid dienone is 1. The van der Waals surface area contributed by atoms with E-state index in [-0.39, 0.29) is 16.6 Å². The van der Waals surface area contributed by atoms with Gasteiger partial charge in [-0.25, -0.2) is 18.2 Å². The number of anilines is 2. The monoisotopic (exact) mass is 488 g/mol. The Balaban J connectivity index is 1.85.